The van der Waals surface area contributed by atoms with Crippen molar-refractivity contribution in [3.05, 3.63) is 50.3 Å². The van der Waals surface area contributed by atoms with Crippen molar-refractivity contribution in [2.24, 2.45) is 5.92 Å². The number of aromatic amines is 1. The van der Waals surface area contributed by atoms with E-state index in [1.807, 2.05) is 0 Å². The minimum Gasteiger partial charge on any atom is -0.294 e. The molecule has 1 aromatic heterocycles. The number of benzene rings is 1. The van der Waals surface area contributed by atoms with E-state index in [4.69, 9.17) is 0 Å². The number of aromatic nitrogens is 2. The zero-order valence-electron chi connectivity index (χ0n) is 11.6. The van der Waals surface area contributed by atoms with Crippen LogP contribution in [0.1, 0.15) is 30.5 Å². The molecule has 22 heavy (non-hydrogen) atoms. The molecule has 1 aliphatic carbocycles. The van der Waals surface area contributed by atoms with Crippen LogP contribution in [-0.4, -0.2) is 9.78 Å². The summed E-state index contributed by atoms with van der Waals surface area (Å²) in [7, 11) is 0. The van der Waals surface area contributed by atoms with Crippen molar-refractivity contribution in [3.63, 3.8) is 0 Å². The highest BCUT2D eigenvalue weighted by molar-refractivity contribution is 9.10. The molecule has 0 spiro atoms. The fourth-order valence-corrected chi connectivity index (χ4v) is 3.09. The van der Waals surface area contributed by atoms with E-state index < -0.39 is 17.3 Å². The second-order valence-corrected chi connectivity index (χ2v) is 6.35. The first-order valence-corrected chi connectivity index (χ1v) is 7.83. The van der Waals surface area contributed by atoms with E-state index in [-0.39, 0.29) is 5.69 Å². The van der Waals surface area contributed by atoms with Gasteiger partial charge in [0.15, 0.2) is 0 Å². The summed E-state index contributed by atoms with van der Waals surface area (Å²) in [5, 5.41) is 2.83. The summed E-state index contributed by atoms with van der Waals surface area (Å²) in [6, 6.07) is 5.06. The van der Waals surface area contributed by atoms with Crippen molar-refractivity contribution in [1.82, 2.24) is 9.78 Å². The Morgan fingerprint density at radius 1 is 1.27 bits per heavy atom. The molecule has 1 aromatic carbocycles. The molecular weight excluding hydrogens is 361 g/mol. The van der Waals surface area contributed by atoms with E-state index in [1.165, 1.54) is 24.6 Å². The maximum atomic E-state index is 13.1. The maximum absolute atomic E-state index is 13.1. The van der Waals surface area contributed by atoms with Gasteiger partial charge in [-0.15, -0.1) is 0 Å². The molecule has 7 heteroatoms. The van der Waals surface area contributed by atoms with Crippen molar-refractivity contribution in [3.8, 4) is 5.69 Å². The third-order valence-corrected chi connectivity index (χ3v) is 4.89. The molecule has 0 radical (unpaired) electrons. The van der Waals surface area contributed by atoms with Gasteiger partial charge in [-0.05, 0) is 40.4 Å². The number of rotatable bonds is 3. The van der Waals surface area contributed by atoms with Crippen LogP contribution in [0.3, 0.4) is 0 Å². The molecule has 3 nitrogen and oxygen atoms in total. The smallest absolute Gasteiger partial charge is 0.294 e. The number of nitrogens with one attached hydrogen (secondary N) is 1. The Morgan fingerprint density at radius 2 is 1.95 bits per heavy atom. The van der Waals surface area contributed by atoms with Gasteiger partial charge in [-0.1, -0.05) is 31.4 Å². The Hall–Kier alpha value is -1.50. The number of hydrogen-bond acceptors (Lipinski definition) is 1. The average molecular weight is 375 g/mol. The lowest BCUT2D eigenvalue weighted by atomic mass is 9.82. The molecule has 1 aliphatic rings. The van der Waals surface area contributed by atoms with E-state index in [0.717, 1.165) is 23.6 Å². The van der Waals surface area contributed by atoms with Crippen molar-refractivity contribution in [1.29, 1.82) is 0 Å². The Morgan fingerprint density at radius 3 is 2.55 bits per heavy atom. The first-order chi connectivity index (χ1) is 10.4. The van der Waals surface area contributed by atoms with Crippen LogP contribution in [0.5, 0.6) is 0 Å². The normalized spacial score (nSPS) is 15.8. The zero-order valence-corrected chi connectivity index (χ0v) is 13.2. The number of nitrogens with zero attached hydrogens (tertiary/aromatic N) is 1. The molecule has 3 rings (SSSR count). The molecule has 0 saturated heterocycles. The van der Waals surface area contributed by atoms with E-state index in [1.54, 1.807) is 0 Å². The summed E-state index contributed by atoms with van der Waals surface area (Å²) in [5.74, 6) is 0.501. The lowest BCUT2D eigenvalue weighted by molar-refractivity contribution is -0.137. The maximum Gasteiger partial charge on any atom is 0.418 e. The van der Waals surface area contributed by atoms with Crippen LogP contribution < -0.4 is 5.56 Å². The SMILES string of the molecule is O=c1c(Br)c(CC2CCC2)[nH]n1-c1ccccc1C(F)(F)F. The number of H-pyrrole nitrogens is 1. The van der Waals surface area contributed by atoms with Crippen LogP contribution >= 0.6 is 15.9 Å². The Kier molecular flexibility index (Phi) is 3.92. The first kappa shape index (κ1) is 15.4. The monoisotopic (exact) mass is 374 g/mol. The highest BCUT2D eigenvalue weighted by atomic mass is 79.9. The number of para-hydroxylation sites is 1. The van der Waals surface area contributed by atoms with Gasteiger partial charge in [0.2, 0.25) is 0 Å². The predicted octanol–water partition coefficient (Wildman–Crippen LogP) is 4.29. The van der Waals surface area contributed by atoms with Gasteiger partial charge in [-0.3, -0.25) is 9.89 Å². The van der Waals surface area contributed by atoms with Crippen LogP contribution in [0.15, 0.2) is 33.5 Å². The molecule has 0 aliphatic heterocycles. The van der Waals surface area contributed by atoms with Gasteiger partial charge < -0.3 is 0 Å². The predicted molar refractivity (Wildman–Crippen MR) is 80.1 cm³/mol. The van der Waals surface area contributed by atoms with Gasteiger partial charge >= 0.3 is 6.18 Å². The highest BCUT2D eigenvalue weighted by Gasteiger charge is 2.34. The van der Waals surface area contributed by atoms with Crippen molar-refractivity contribution < 1.29 is 13.2 Å². The average Bonchev–Trinajstić information content (AvgIpc) is 2.70. The van der Waals surface area contributed by atoms with E-state index in [9.17, 15) is 18.0 Å². The van der Waals surface area contributed by atoms with Crippen LogP contribution in [0.25, 0.3) is 5.69 Å². The quantitative estimate of drug-likeness (QED) is 0.854. The highest BCUT2D eigenvalue weighted by Crippen LogP contribution is 2.34. The largest absolute Gasteiger partial charge is 0.418 e. The standard InChI is InChI=1S/C15H14BrF3N2O/c16-13-11(8-9-4-3-5-9)20-21(14(13)22)12-7-2-1-6-10(12)15(17,18)19/h1-2,6-7,9,20H,3-5,8H2. The minimum atomic E-state index is -4.51. The Labute approximate surface area is 133 Å². The number of halogens is 4. The van der Waals surface area contributed by atoms with E-state index in [0.29, 0.717) is 22.5 Å². The van der Waals surface area contributed by atoms with Crippen LogP contribution in [-0.2, 0) is 12.6 Å². The molecule has 1 fully saturated rings. The zero-order chi connectivity index (χ0) is 15.9. The molecule has 0 unspecified atom stereocenters. The topological polar surface area (TPSA) is 37.8 Å². The van der Waals surface area contributed by atoms with E-state index >= 15 is 0 Å². The summed E-state index contributed by atoms with van der Waals surface area (Å²) in [6.07, 6.45) is -0.472. The molecule has 0 amide bonds. The van der Waals surface area contributed by atoms with Gasteiger partial charge in [0.1, 0.15) is 4.47 Å². The van der Waals surface area contributed by atoms with Gasteiger partial charge in [-0.2, -0.15) is 13.2 Å². The molecular formula is C15H14BrF3N2O. The second-order valence-electron chi connectivity index (χ2n) is 5.56. The molecule has 1 N–H and O–H groups in total. The molecule has 0 bridgehead atoms. The van der Waals surface area contributed by atoms with Gasteiger partial charge in [-0.25, -0.2) is 4.68 Å². The van der Waals surface area contributed by atoms with Crippen molar-refractivity contribution in [2.75, 3.05) is 0 Å². The van der Waals surface area contributed by atoms with E-state index in [2.05, 4.69) is 21.0 Å². The van der Waals surface area contributed by atoms with Crippen LogP contribution in [0, 0.1) is 5.92 Å². The third-order valence-electron chi connectivity index (χ3n) is 4.07. The number of hydrogen-bond donors (Lipinski definition) is 1. The summed E-state index contributed by atoms with van der Waals surface area (Å²) < 4.78 is 40.6. The summed E-state index contributed by atoms with van der Waals surface area (Å²) in [5.41, 5.74) is -0.848. The van der Waals surface area contributed by atoms with Gasteiger partial charge in [0.05, 0.1) is 16.9 Å². The Balaban J connectivity index is 2.06. The summed E-state index contributed by atoms with van der Waals surface area (Å²) >= 11 is 3.21. The fourth-order valence-electron chi connectivity index (χ4n) is 2.66. The molecule has 118 valence electrons. The summed E-state index contributed by atoms with van der Waals surface area (Å²) in [4.78, 5) is 12.3. The lowest BCUT2D eigenvalue weighted by Crippen LogP contribution is -2.19. The fraction of sp³-hybridized carbons (Fsp3) is 0.400. The Bertz CT molecular complexity index is 744. The minimum absolute atomic E-state index is 0.180. The van der Waals surface area contributed by atoms with Crippen LogP contribution in [0.4, 0.5) is 13.2 Å². The van der Waals surface area contributed by atoms with Crippen molar-refractivity contribution >= 4 is 15.9 Å². The van der Waals surface area contributed by atoms with Gasteiger partial charge in [0, 0.05) is 0 Å². The third kappa shape index (κ3) is 2.74. The van der Waals surface area contributed by atoms with Gasteiger partial charge in [0.25, 0.3) is 5.56 Å². The van der Waals surface area contributed by atoms with Crippen LogP contribution in [0.2, 0.25) is 0 Å². The first-order valence-electron chi connectivity index (χ1n) is 7.04. The lowest BCUT2D eigenvalue weighted by Gasteiger charge is -2.24. The summed E-state index contributed by atoms with van der Waals surface area (Å²) in [6.45, 7) is 0. The van der Waals surface area contributed by atoms with Crippen molar-refractivity contribution in [2.45, 2.75) is 31.9 Å². The molecule has 1 heterocycles. The molecule has 1 saturated carbocycles. The molecule has 0 atom stereocenters. The molecule has 2 aromatic rings. The number of alkyl halides is 3. The second kappa shape index (κ2) is 5.61.